The average molecular weight is 263 g/mol. The van der Waals surface area contributed by atoms with E-state index in [1.165, 1.54) is 18.2 Å². The van der Waals surface area contributed by atoms with E-state index in [1.54, 1.807) is 30.3 Å². The summed E-state index contributed by atoms with van der Waals surface area (Å²) in [6.07, 6.45) is 0. The van der Waals surface area contributed by atoms with Gasteiger partial charge >= 0.3 is 0 Å². The van der Waals surface area contributed by atoms with E-state index in [-0.39, 0.29) is 4.90 Å². The van der Waals surface area contributed by atoms with Crippen LogP contribution in [-0.4, -0.2) is 13.0 Å². The van der Waals surface area contributed by atoms with Gasteiger partial charge in [0.15, 0.2) is 0 Å². The van der Waals surface area contributed by atoms with Crippen molar-refractivity contribution in [3.8, 4) is 0 Å². The van der Waals surface area contributed by atoms with Crippen LogP contribution in [0.15, 0.2) is 53.4 Å². The molecular weight excluding hydrogens is 252 g/mol. The lowest BCUT2D eigenvalue weighted by atomic mass is 10.2. The van der Waals surface area contributed by atoms with Crippen molar-refractivity contribution < 1.29 is 13.0 Å². The molecule has 0 unspecified atom stereocenters. The third kappa shape index (κ3) is 2.99. The van der Waals surface area contributed by atoms with Crippen LogP contribution in [-0.2, 0) is 10.1 Å². The van der Waals surface area contributed by atoms with Crippen LogP contribution in [0, 0.1) is 0 Å². The molecule has 0 saturated heterocycles. The van der Waals surface area contributed by atoms with Crippen LogP contribution >= 0.6 is 0 Å². The lowest BCUT2D eigenvalue weighted by molar-refractivity contribution is 0.483. The Labute approximate surface area is 105 Å². The van der Waals surface area contributed by atoms with Gasteiger partial charge in [-0.05, 0) is 42.5 Å². The molecule has 5 nitrogen and oxygen atoms in total. The smallest absolute Gasteiger partial charge is 0.294 e. The molecule has 0 aliphatic rings. The Morgan fingerprint density at radius 2 is 1.67 bits per heavy atom. The maximum Gasteiger partial charge on any atom is 0.294 e. The van der Waals surface area contributed by atoms with Gasteiger partial charge in [-0.2, -0.15) is 8.42 Å². The van der Waals surface area contributed by atoms with Gasteiger partial charge in [-0.1, -0.05) is 6.07 Å². The lowest BCUT2D eigenvalue weighted by Gasteiger charge is -2.07. The topological polar surface area (TPSA) is 90.2 Å². The van der Waals surface area contributed by atoms with Crippen molar-refractivity contribution in [1.29, 1.82) is 0 Å². The molecule has 0 atom stereocenters. The molecule has 0 aliphatic heterocycles. The molecule has 18 heavy (non-hydrogen) atoms. The quantitative estimate of drug-likeness (QED) is 0.833. The number of hydrogen-bond acceptors (Lipinski definition) is 3. The molecule has 2 aromatic rings. The third-order valence-electron chi connectivity index (χ3n) is 2.31. The van der Waals surface area contributed by atoms with Gasteiger partial charge in [0.1, 0.15) is 0 Å². The van der Waals surface area contributed by atoms with Crippen molar-refractivity contribution >= 4 is 27.2 Å². The molecule has 0 saturated carbocycles. The summed E-state index contributed by atoms with van der Waals surface area (Å²) in [5, 5.41) is 2.98. The van der Waals surface area contributed by atoms with E-state index in [1.807, 2.05) is 0 Å². The Morgan fingerprint density at radius 1 is 1.00 bits per heavy atom. The molecule has 1 radical (unpaired) electrons. The van der Waals surface area contributed by atoms with Gasteiger partial charge in [-0.25, -0.2) is 0 Å². The first-order valence-corrected chi connectivity index (χ1v) is 6.55. The zero-order chi connectivity index (χ0) is 13.2. The summed E-state index contributed by atoms with van der Waals surface area (Å²) >= 11 is 0. The second-order valence-corrected chi connectivity index (χ2v) is 5.13. The zero-order valence-corrected chi connectivity index (χ0v) is 10.1. The second-order valence-electron chi connectivity index (χ2n) is 3.71. The Hall–Kier alpha value is -2.05. The number of nitrogens with one attached hydrogen (secondary N) is 2. The van der Waals surface area contributed by atoms with Crippen molar-refractivity contribution in [3.05, 3.63) is 48.5 Å². The fourth-order valence-electron chi connectivity index (χ4n) is 1.45. The Kier molecular flexibility index (Phi) is 3.22. The Balaban J connectivity index is 2.27. The van der Waals surface area contributed by atoms with Crippen LogP contribution in [0.25, 0.3) is 0 Å². The van der Waals surface area contributed by atoms with Gasteiger partial charge in [0.25, 0.3) is 10.1 Å². The fraction of sp³-hybridized carbons (Fsp3) is 0. The van der Waals surface area contributed by atoms with Crippen molar-refractivity contribution in [2.24, 2.45) is 0 Å². The first kappa shape index (κ1) is 12.4. The number of rotatable bonds is 3. The van der Waals surface area contributed by atoms with E-state index in [0.29, 0.717) is 11.4 Å². The molecule has 0 amide bonds. The minimum atomic E-state index is -4.19. The van der Waals surface area contributed by atoms with E-state index >= 15 is 0 Å². The standard InChI is InChI=1S/C12H11N2O3S/c13-9-4-6-10(7-5-9)14-11-2-1-3-12(8-11)18(15,16)17/h1-8,13-14H,(H,15,16,17). The van der Waals surface area contributed by atoms with Crippen LogP contribution in [0.5, 0.6) is 0 Å². The molecule has 0 bridgehead atoms. The number of hydrogen-bond donors (Lipinski definition) is 2. The Morgan fingerprint density at radius 3 is 2.28 bits per heavy atom. The highest BCUT2D eigenvalue weighted by molar-refractivity contribution is 7.85. The average Bonchev–Trinajstić information content (AvgIpc) is 2.31. The molecule has 93 valence electrons. The van der Waals surface area contributed by atoms with E-state index < -0.39 is 10.1 Å². The van der Waals surface area contributed by atoms with Gasteiger partial charge in [0.2, 0.25) is 0 Å². The summed E-state index contributed by atoms with van der Waals surface area (Å²) in [5.41, 5.74) is 9.02. The summed E-state index contributed by atoms with van der Waals surface area (Å²) < 4.78 is 30.9. The molecule has 2 aromatic carbocycles. The molecule has 0 spiro atoms. The third-order valence-corrected chi connectivity index (χ3v) is 3.16. The van der Waals surface area contributed by atoms with Gasteiger partial charge in [0.05, 0.1) is 10.6 Å². The van der Waals surface area contributed by atoms with E-state index in [4.69, 9.17) is 10.3 Å². The second kappa shape index (κ2) is 4.67. The molecule has 2 rings (SSSR count). The van der Waals surface area contributed by atoms with Crippen molar-refractivity contribution in [2.45, 2.75) is 4.90 Å². The van der Waals surface area contributed by atoms with Crippen molar-refractivity contribution in [2.75, 3.05) is 5.32 Å². The molecule has 6 heteroatoms. The van der Waals surface area contributed by atoms with Crippen LogP contribution < -0.4 is 11.1 Å². The minimum Gasteiger partial charge on any atom is -0.355 e. The first-order chi connectivity index (χ1) is 8.45. The highest BCUT2D eigenvalue weighted by atomic mass is 32.2. The van der Waals surface area contributed by atoms with Crippen molar-refractivity contribution in [3.63, 3.8) is 0 Å². The van der Waals surface area contributed by atoms with Crippen molar-refractivity contribution in [1.82, 2.24) is 5.73 Å². The monoisotopic (exact) mass is 263 g/mol. The molecular formula is C12H11N2O3S. The van der Waals surface area contributed by atoms with Gasteiger partial charge < -0.3 is 11.1 Å². The highest BCUT2D eigenvalue weighted by Gasteiger charge is 2.09. The Bertz CT molecular complexity index is 651. The van der Waals surface area contributed by atoms with E-state index in [2.05, 4.69) is 5.32 Å². The van der Waals surface area contributed by atoms with Crippen LogP contribution in [0.1, 0.15) is 0 Å². The summed E-state index contributed by atoms with van der Waals surface area (Å²) in [6.45, 7) is 0. The summed E-state index contributed by atoms with van der Waals surface area (Å²) in [4.78, 5) is -0.162. The lowest BCUT2D eigenvalue weighted by Crippen LogP contribution is -1.99. The largest absolute Gasteiger partial charge is 0.355 e. The predicted octanol–water partition coefficient (Wildman–Crippen LogP) is 2.59. The molecule has 0 heterocycles. The van der Waals surface area contributed by atoms with Crippen LogP contribution in [0.4, 0.5) is 17.1 Å². The summed E-state index contributed by atoms with van der Waals surface area (Å²) in [6, 6.07) is 12.5. The van der Waals surface area contributed by atoms with Crippen LogP contribution in [0.3, 0.4) is 0 Å². The first-order valence-electron chi connectivity index (χ1n) is 5.11. The molecule has 0 fully saturated rings. The molecule has 3 N–H and O–H groups in total. The summed E-state index contributed by atoms with van der Waals surface area (Å²) in [5.74, 6) is 0. The number of anilines is 2. The number of benzene rings is 2. The normalized spacial score (nSPS) is 11.2. The van der Waals surface area contributed by atoms with Gasteiger partial charge in [0, 0.05) is 11.4 Å². The van der Waals surface area contributed by atoms with Gasteiger partial charge in [-0.3, -0.25) is 4.55 Å². The fourth-order valence-corrected chi connectivity index (χ4v) is 1.98. The SMILES string of the molecule is [NH]c1ccc(Nc2cccc(S(=O)(=O)O)c2)cc1. The maximum absolute atomic E-state index is 11.0. The van der Waals surface area contributed by atoms with Gasteiger partial charge in [-0.15, -0.1) is 0 Å². The van der Waals surface area contributed by atoms with E-state index in [0.717, 1.165) is 5.69 Å². The minimum absolute atomic E-state index is 0.162. The highest BCUT2D eigenvalue weighted by Crippen LogP contribution is 2.20. The molecule has 0 aliphatic carbocycles. The molecule has 0 aromatic heterocycles. The zero-order valence-electron chi connectivity index (χ0n) is 9.29. The summed E-state index contributed by atoms with van der Waals surface area (Å²) in [7, 11) is -4.19. The maximum atomic E-state index is 11.0. The predicted molar refractivity (Wildman–Crippen MR) is 68.7 cm³/mol. The van der Waals surface area contributed by atoms with Crippen LogP contribution in [0.2, 0.25) is 0 Å². The van der Waals surface area contributed by atoms with E-state index in [9.17, 15) is 8.42 Å².